The van der Waals surface area contributed by atoms with Gasteiger partial charge in [-0.05, 0) is 52.0 Å². The third-order valence-corrected chi connectivity index (χ3v) is 5.41. The van der Waals surface area contributed by atoms with Crippen molar-refractivity contribution in [2.75, 3.05) is 18.0 Å². The van der Waals surface area contributed by atoms with E-state index in [-0.39, 0.29) is 12.2 Å². The molecule has 4 heterocycles. The second-order valence-corrected chi connectivity index (χ2v) is 7.74. The molecule has 0 radical (unpaired) electrons. The number of morpholine rings is 1. The number of aryl methyl sites for hydroxylation is 2. The predicted molar refractivity (Wildman–Crippen MR) is 110 cm³/mol. The zero-order valence-corrected chi connectivity index (χ0v) is 16.6. The van der Waals surface area contributed by atoms with Crippen molar-refractivity contribution >= 4 is 22.4 Å². The van der Waals surface area contributed by atoms with E-state index in [4.69, 9.17) is 14.8 Å². The van der Waals surface area contributed by atoms with E-state index in [1.807, 2.05) is 24.4 Å². The molecular weight excluding hydrogens is 352 g/mol. The highest BCUT2D eigenvalue weighted by atomic mass is 16.5. The molecule has 1 aliphatic heterocycles. The molecule has 0 saturated carbocycles. The molecule has 7 nitrogen and oxygen atoms in total. The van der Waals surface area contributed by atoms with E-state index < -0.39 is 0 Å². The molecule has 7 heteroatoms. The minimum atomic E-state index is 0.191. The van der Waals surface area contributed by atoms with Gasteiger partial charge in [-0.3, -0.25) is 5.10 Å². The lowest BCUT2D eigenvalue weighted by Gasteiger charge is -2.35. The van der Waals surface area contributed by atoms with Crippen LogP contribution in [-0.4, -0.2) is 50.1 Å². The van der Waals surface area contributed by atoms with Crippen molar-refractivity contribution in [2.24, 2.45) is 0 Å². The molecule has 4 aromatic rings. The second-order valence-electron chi connectivity index (χ2n) is 7.74. The lowest BCUT2D eigenvalue weighted by molar-refractivity contribution is -0.00551. The second kappa shape index (κ2) is 6.31. The molecule has 3 aromatic heterocycles. The first-order chi connectivity index (χ1) is 13.5. The topological polar surface area (TPSA) is 71.3 Å². The highest BCUT2D eigenvalue weighted by Crippen LogP contribution is 2.29. The number of hydrogen-bond donors (Lipinski definition) is 1. The predicted octanol–water partition coefficient (Wildman–Crippen LogP) is 3.50. The van der Waals surface area contributed by atoms with Crippen LogP contribution in [0.2, 0.25) is 0 Å². The van der Waals surface area contributed by atoms with Crippen LogP contribution in [0.25, 0.3) is 27.8 Å². The molecule has 0 amide bonds. The SMILES string of the molecule is Cc1nc2ccc(N3C[C@@H](C)O[C@@H](C)C3)nn2c1-c1ccc2[nH]nc(C)c2c1. The van der Waals surface area contributed by atoms with Crippen LogP contribution < -0.4 is 4.90 Å². The number of aromatic amines is 1. The molecule has 144 valence electrons. The van der Waals surface area contributed by atoms with Crippen molar-refractivity contribution in [3.63, 3.8) is 0 Å². The summed E-state index contributed by atoms with van der Waals surface area (Å²) >= 11 is 0. The summed E-state index contributed by atoms with van der Waals surface area (Å²) in [4.78, 5) is 7.02. The molecular formula is C21H24N6O. The van der Waals surface area contributed by atoms with E-state index in [9.17, 15) is 0 Å². The number of H-pyrrole nitrogens is 1. The number of anilines is 1. The van der Waals surface area contributed by atoms with Crippen molar-refractivity contribution < 1.29 is 4.74 Å². The molecule has 0 unspecified atom stereocenters. The molecule has 0 spiro atoms. The van der Waals surface area contributed by atoms with E-state index in [0.717, 1.165) is 58.1 Å². The van der Waals surface area contributed by atoms with Gasteiger partial charge in [-0.2, -0.15) is 5.10 Å². The molecule has 0 bridgehead atoms. The molecule has 28 heavy (non-hydrogen) atoms. The third-order valence-electron chi connectivity index (χ3n) is 5.41. The summed E-state index contributed by atoms with van der Waals surface area (Å²) in [5.41, 5.74) is 5.97. The van der Waals surface area contributed by atoms with Gasteiger partial charge in [-0.1, -0.05) is 6.07 Å². The van der Waals surface area contributed by atoms with Crippen LogP contribution in [0, 0.1) is 13.8 Å². The normalized spacial score (nSPS) is 20.4. The van der Waals surface area contributed by atoms with Crippen LogP contribution in [0.1, 0.15) is 25.2 Å². The van der Waals surface area contributed by atoms with Gasteiger partial charge in [0.1, 0.15) is 5.82 Å². The average Bonchev–Trinajstić information content (AvgIpc) is 3.19. The molecule has 1 N–H and O–H groups in total. The van der Waals surface area contributed by atoms with Gasteiger partial charge >= 0.3 is 0 Å². The van der Waals surface area contributed by atoms with E-state index in [0.29, 0.717) is 0 Å². The van der Waals surface area contributed by atoms with Crippen molar-refractivity contribution in [3.8, 4) is 11.3 Å². The van der Waals surface area contributed by atoms with Gasteiger partial charge in [-0.25, -0.2) is 9.50 Å². The van der Waals surface area contributed by atoms with E-state index in [1.165, 1.54) is 0 Å². The van der Waals surface area contributed by atoms with Crippen molar-refractivity contribution in [2.45, 2.75) is 39.9 Å². The Balaban J connectivity index is 1.64. The number of nitrogens with zero attached hydrogens (tertiary/aromatic N) is 5. The summed E-state index contributed by atoms with van der Waals surface area (Å²) in [6.07, 6.45) is 0.383. The smallest absolute Gasteiger partial charge is 0.154 e. The van der Waals surface area contributed by atoms with Gasteiger partial charge in [0.15, 0.2) is 5.65 Å². The summed E-state index contributed by atoms with van der Waals surface area (Å²) in [5, 5.41) is 13.5. The molecule has 0 aliphatic carbocycles. The molecule has 1 saturated heterocycles. The maximum Gasteiger partial charge on any atom is 0.154 e. The lowest BCUT2D eigenvalue weighted by atomic mass is 10.1. The van der Waals surface area contributed by atoms with Crippen LogP contribution in [0.15, 0.2) is 30.3 Å². The third kappa shape index (κ3) is 2.74. The maximum absolute atomic E-state index is 5.87. The minimum Gasteiger partial charge on any atom is -0.372 e. The fraction of sp³-hybridized carbons (Fsp3) is 0.381. The van der Waals surface area contributed by atoms with Crippen LogP contribution in [-0.2, 0) is 4.74 Å². The van der Waals surface area contributed by atoms with Gasteiger partial charge in [0.2, 0.25) is 0 Å². The Morgan fingerprint density at radius 3 is 2.61 bits per heavy atom. The number of hydrogen-bond acceptors (Lipinski definition) is 5. The van der Waals surface area contributed by atoms with Gasteiger partial charge in [0.05, 0.1) is 34.8 Å². The zero-order valence-electron chi connectivity index (χ0n) is 16.6. The lowest BCUT2D eigenvalue weighted by Crippen LogP contribution is -2.46. The largest absolute Gasteiger partial charge is 0.372 e. The Morgan fingerprint density at radius 2 is 1.82 bits per heavy atom. The maximum atomic E-state index is 5.87. The molecule has 5 rings (SSSR count). The number of ether oxygens (including phenoxy) is 1. The summed E-state index contributed by atoms with van der Waals surface area (Å²) in [5.74, 6) is 0.953. The summed E-state index contributed by atoms with van der Waals surface area (Å²) in [7, 11) is 0. The number of aromatic nitrogens is 5. The van der Waals surface area contributed by atoms with Gasteiger partial charge in [-0.15, -0.1) is 5.10 Å². The number of imidazole rings is 1. The zero-order chi connectivity index (χ0) is 19.4. The first kappa shape index (κ1) is 17.2. The van der Waals surface area contributed by atoms with Gasteiger partial charge in [0.25, 0.3) is 0 Å². The van der Waals surface area contributed by atoms with E-state index >= 15 is 0 Å². The number of fused-ring (bicyclic) bond motifs is 2. The Bertz CT molecular complexity index is 1170. The van der Waals surface area contributed by atoms with Crippen molar-refractivity contribution in [3.05, 3.63) is 41.7 Å². The van der Waals surface area contributed by atoms with E-state index in [1.54, 1.807) is 0 Å². The fourth-order valence-electron chi connectivity index (χ4n) is 4.19. The monoisotopic (exact) mass is 376 g/mol. The molecule has 2 atom stereocenters. The Morgan fingerprint density at radius 1 is 1.04 bits per heavy atom. The van der Waals surface area contributed by atoms with Gasteiger partial charge in [0, 0.05) is 24.0 Å². The number of benzene rings is 1. The summed E-state index contributed by atoms with van der Waals surface area (Å²) in [6.45, 7) is 9.95. The van der Waals surface area contributed by atoms with Crippen LogP contribution in [0.3, 0.4) is 0 Å². The molecule has 1 aliphatic rings. The first-order valence-corrected chi connectivity index (χ1v) is 9.71. The van der Waals surface area contributed by atoms with E-state index in [2.05, 4.69) is 53.2 Å². The minimum absolute atomic E-state index is 0.191. The quantitative estimate of drug-likeness (QED) is 0.580. The molecule has 1 aromatic carbocycles. The summed E-state index contributed by atoms with van der Waals surface area (Å²) in [6, 6.07) is 10.4. The first-order valence-electron chi connectivity index (χ1n) is 9.71. The molecule has 1 fully saturated rings. The Labute approximate surface area is 163 Å². The van der Waals surface area contributed by atoms with Crippen molar-refractivity contribution in [1.82, 2.24) is 24.8 Å². The number of rotatable bonds is 2. The highest BCUT2D eigenvalue weighted by molar-refractivity contribution is 5.86. The summed E-state index contributed by atoms with van der Waals surface area (Å²) < 4.78 is 7.83. The average molecular weight is 376 g/mol. The van der Waals surface area contributed by atoms with Crippen molar-refractivity contribution in [1.29, 1.82) is 0 Å². The Kier molecular flexibility index (Phi) is 3.87. The standard InChI is InChI=1S/C21H24N6O/c1-12-10-26(11-13(2)28-12)20-8-7-19-22-15(4)21(27(19)25-20)16-5-6-18-17(9-16)14(3)23-24-18/h5-9,12-13H,10-11H2,1-4H3,(H,23,24)/t12-,13+. The van der Waals surface area contributed by atoms with Gasteiger partial charge < -0.3 is 9.64 Å². The van der Waals surface area contributed by atoms with Crippen LogP contribution >= 0.6 is 0 Å². The van der Waals surface area contributed by atoms with Crippen LogP contribution in [0.4, 0.5) is 5.82 Å². The van der Waals surface area contributed by atoms with Crippen LogP contribution in [0.5, 0.6) is 0 Å². The number of nitrogens with one attached hydrogen (secondary N) is 1. The Hall–Kier alpha value is -2.93. The fourth-order valence-corrected chi connectivity index (χ4v) is 4.19. The highest BCUT2D eigenvalue weighted by Gasteiger charge is 2.24.